The lowest BCUT2D eigenvalue weighted by molar-refractivity contribution is -0.132. The van der Waals surface area contributed by atoms with Crippen LogP contribution in [0.3, 0.4) is 0 Å². The third-order valence-electron chi connectivity index (χ3n) is 15.7. The number of hydrogen-bond acceptors (Lipinski definition) is 18. The lowest BCUT2D eigenvalue weighted by atomic mass is 9.85. The van der Waals surface area contributed by atoms with Gasteiger partial charge >= 0.3 is 0 Å². The fourth-order valence-corrected chi connectivity index (χ4v) is 8.90. The van der Waals surface area contributed by atoms with Crippen LogP contribution in [0.2, 0.25) is 0 Å². The number of rotatable bonds is 54. The second kappa shape index (κ2) is 46.5. The van der Waals surface area contributed by atoms with E-state index in [2.05, 4.69) is 71.8 Å². The minimum Gasteiger partial charge on any atom is -0.377 e. The summed E-state index contributed by atoms with van der Waals surface area (Å²) in [5.41, 5.74) is 46.3. The summed E-state index contributed by atoms with van der Waals surface area (Å²) < 4.78 is 12.7. The van der Waals surface area contributed by atoms with E-state index in [1.165, 1.54) is 0 Å². The highest BCUT2D eigenvalue weighted by Crippen LogP contribution is 2.29. The number of aliphatic hydroxyl groups excluding tert-OH is 1. The lowest BCUT2D eigenvalue weighted by Gasteiger charge is -2.34. The molecule has 24 nitrogen and oxygen atoms in total. The number of ether oxygens (including phenoxy) is 2. The Morgan fingerprint density at radius 1 is 0.422 bits per heavy atom. The predicted octanol–water partition coefficient (Wildman–Crippen LogP) is 1.23. The largest absolute Gasteiger partial charge is 0.377 e. The summed E-state index contributed by atoms with van der Waals surface area (Å²) >= 11 is 0. The third kappa shape index (κ3) is 38.9. The number of nitrogens with two attached hydrogens (primary N) is 8. The van der Waals surface area contributed by atoms with Gasteiger partial charge in [-0.2, -0.15) is 0 Å². The molecule has 0 aromatic carbocycles. The molecule has 0 fully saturated rings. The maximum Gasteiger partial charge on any atom is 0.243 e. The van der Waals surface area contributed by atoms with Crippen LogP contribution in [0.5, 0.6) is 0 Å². The van der Waals surface area contributed by atoms with Crippen LogP contribution in [0.4, 0.5) is 0 Å². The second-order valence-corrected chi connectivity index (χ2v) is 24.2. The highest BCUT2D eigenvalue weighted by Gasteiger charge is 2.31. The molecule has 0 heterocycles. The average molecular weight is 1190 g/mol. The zero-order chi connectivity index (χ0) is 62.7. The number of aliphatic hydroxyl groups is 1. The van der Waals surface area contributed by atoms with Gasteiger partial charge in [0.05, 0.1) is 48.6 Å². The van der Waals surface area contributed by atoms with Crippen molar-refractivity contribution in [3.63, 3.8) is 0 Å². The van der Waals surface area contributed by atoms with Crippen molar-refractivity contribution in [2.45, 2.75) is 269 Å². The molecule has 24 heteroatoms. The molecule has 0 rings (SSSR count). The van der Waals surface area contributed by atoms with Crippen LogP contribution in [-0.2, 0) is 38.2 Å². The molecule has 8 unspecified atom stereocenters. The molecule has 0 aliphatic carbocycles. The monoisotopic (exact) mass is 1190 g/mol. The minimum atomic E-state index is -1.17. The summed E-state index contributed by atoms with van der Waals surface area (Å²) in [5, 5.41) is 31.5. The van der Waals surface area contributed by atoms with Crippen LogP contribution < -0.4 is 83.1 Å². The van der Waals surface area contributed by atoms with Crippen molar-refractivity contribution >= 4 is 35.4 Å². The van der Waals surface area contributed by atoms with Crippen LogP contribution in [-0.4, -0.2) is 166 Å². The molecule has 6 amide bonds. The van der Waals surface area contributed by atoms with E-state index >= 15 is 0 Å². The van der Waals surface area contributed by atoms with Gasteiger partial charge in [-0.1, -0.05) is 46.5 Å². The first-order valence-electron chi connectivity index (χ1n) is 31.6. The number of carbonyl (C=O) groups excluding carboxylic acids is 6. The van der Waals surface area contributed by atoms with Crippen LogP contribution in [0.25, 0.3) is 0 Å². The maximum atomic E-state index is 14.3. The van der Waals surface area contributed by atoms with Gasteiger partial charge < -0.3 is 92.4 Å². The van der Waals surface area contributed by atoms with E-state index < -0.39 is 77.4 Å². The van der Waals surface area contributed by atoms with E-state index in [0.29, 0.717) is 155 Å². The Labute approximate surface area is 499 Å². The van der Waals surface area contributed by atoms with Gasteiger partial charge in [-0.25, -0.2) is 0 Å². The molecule has 0 aromatic rings. The summed E-state index contributed by atoms with van der Waals surface area (Å²) in [4.78, 5) is 80.9. The van der Waals surface area contributed by atoms with E-state index in [9.17, 15) is 33.9 Å². The second-order valence-electron chi connectivity index (χ2n) is 24.2. The van der Waals surface area contributed by atoms with E-state index in [0.717, 1.165) is 44.9 Å². The van der Waals surface area contributed by atoms with Gasteiger partial charge in [0.2, 0.25) is 35.4 Å². The van der Waals surface area contributed by atoms with Crippen molar-refractivity contribution in [2.75, 3.05) is 65.6 Å². The molecule has 0 aliphatic rings. The maximum absolute atomic E-state index is 14.3. The number of unbranched alkanes of at least 4 members (excludes halogenated alkanes) is 7. The Morgan fingerprint density at radius 3 is 1.24 bits per heavy atom. The predicted molar refractivity (Wildman–Crippen MR) is 332 cm³/mol. The molecule has 0 saturated heterocycles. The highest BCUT2D eigenvalue weighted by molar-refractivity contribution is 5.93. The summed E-state index contributed by atoms with van der Waals surface area (Å²) in [6.45, 7) is 18.9. The van der Waals surface area contributed by atoms with E-state index in [4.69, 9.17) is 55.3 Å². The zero-order valence-corrected chi connectivity index (χ0v) is 52.7. The quantitative estimate of drug-likeness (QED) is 0.0301. The first-order chi connectivity index (χ1) is 39.3. The molecule has 24 N–H and O–H groups in total. The van der Waals surface area contributed by atoms with Gasteiger partial charge in [0.25, 0.3) is 0 Å². The summed E-state index contributed by atoms with van der Waals surface area (Å²) in [6, 6.07) is -5.72. The van der Waals surface area contributed by atoms with E-state index in [-0.39, 0.29) is 49.1 Å². The topological polar surface area (TPSA) is 433 Å². The van der Waals surface area contributed by atoms with Crippen molar-refractivity contribution in [2.24, 2.45) is 51.3 Å². The molecule has 83 heavy (non-hydrogen) atoms. The third-order valence-corrected chi connectivity index (χ3v) is 15.7. The van der Waals surface area contributed by atoms with Gasteiger partial charge in [-0.3, -0.25) is 34.1 Å². The average Bonchev–Trinajstić information content (AvgIpc) is 3.48. The summed E-state index contributed by atoms with van der Waals surface area (Å²) in [5.74, 6) is -2.38. The van der Waals surface area contributed by atoms with Crippen LogP contribution in [0, 0.1) is 5.41 Å². The Balaban J connectivity index is 6.28. The van der Waals surface area contributed by atoms with Gasteiger partial charge in [0, 0.05) is 32.2 Å². The Bertz CT molecular complexity index is 1750. The van der Waals surface area contributed by atoms with E-state index in [1.54, 1.807) is 0 Å². The molecule has 488 valence electrons. The van der Waals surface area contributed by atoms with Gasteiger partial charge in [-0.05, 0) is 194 Å². The molecule has 0 radical (unpaired) electrons. The first kappa shape index (κ1) is 79.3. The van der Waals surface area contributed by atoms with Gasteiger partial charge in [0.1, 0.15) is 18.3 Å². The van der Waals surface area contributed by atoms with Crippen molar-refractivity contribution in [1.82, 2.24) is 37.2 Å². The molecule has 0 aromatic heterocycles. The Hall–Kier alpha value is -3.66. The Kier molecular flexibility index (Phi) is 44.5. The van der Waals surface area contributed by atoms with Crippen molar-refractivity contribution in [3.05, 3.63) is 0 Å². The fraction of sp³-hybridized carbons (Fsp3) is 0.898. The Morgan fingerprint density at radius 2 is 0.783 bits per heavy atom. The SMILES string of the molecule is CCC(C)(CC)COC(C)(C)CCOC(C)(C)CCNC(=O)C(CCCCNC(=O)C(CCCCNC(=O)C(N)CCCCN)NC(O)C(N)CCCCN)NC(=O)C(CCCCNC(=O)C(N)CCCCN)NC(=O)C(N)CCCCN. The lowest BCUT2D eigenvalue weighted by Crippen LogP contribution is -2.56. The number of carbonyl (C=O) groups is 6. The number of nitrogens with one attached hydrogen (secondary N) is 7. The first-order valence-corrected chi connectivity index (χ1v) is 31.6. The molecule has 0 bridgehead atoms. The van der Waals surface area contributed by atoms with Crippen LogP contribution >= 0.6 is 0 Å². The molecule has 8 atom stereocenters. The number of amides is 6. The summed E-state index contributed by atoms with van der Waals surface area (Å²) in [6.07, 6.45) is 13.3. The standard InChI is InChI=1S/C59H123N15O9/c1-8-59(7,9-2)42-83-58(5,6)32-41-82-57(3,4)31-40-71-55(80)48(74-56(81)49(73-53(78)46(67)27-13-20-36-63)30-16-22-38-69-51(76)44(65)25-11-18-34-61)29-15-23-39-70-54(79)47(72-52(77)45(66)26-12-19-35-62)28-14-21-37-68-50(75)43(64)24-10-17-33-60/h43-49,52,72,77H,8-42,60-67H2,1-7H3,(H,68,75)(H,69,76)(H,70,79)(H,71,80)(H,73,78)(H,74,81). The highest BCUT2D eigenvalue weighted by atomic mass is 16.5. The van der Waals surface area contributed by atoms with Gasteiger partial charge in [-0.15, -0.1) is 0 Å². The molecular weight excluding hydrogens is 1060 g/mol. The van der Waals surface area contributed by atoms with Crippen molar-refractivity contribution < 1.29 is 43.3 Å². The molecule has 0 saturated carbocycles. The molecular formula is C59H123N15O9. The van der Waals surface area contributed by atoms with Crippen molar-refractivity contribution in [3.8, 4) is 0 Å². The van der Waals surface area contributed by atoms with Crippen molar-refractivity contribution in [1.29, 1.82) is 0 Å². The van der Waals surface area contributed by atoms with Gasteiger partial charge in [0.15, 0.2) is 0 Å². The van der Waals surface area contributed by atoms with Crippen LogP contribution in [0.15, 0.2) is 0 Å². The molecule has 0 spiro atoms. The number of hydrogen-bond donors (Lipinski definition) is 16. The molecule has 0 aliphatic heterocycles. The van der Waals surface area contributed by atoms with Crippen LogP contribution in [0.1, 0.15) is 209 Å². The normalized spacial score (nSPS) is 15.0. The fourth-order valence-electron chi connectivity index (χ4n) is 8.90. The zero-order valence-electron chi connectivity index (χ0n) is 52.7. The smallest absolute Gasteiger partial charge is 0.243 e. The van der Waals surface area contributed by atoms with E-state index in [1.807, 2.05) is 13.8 Å². The summed E-state index contributed by atoms with van der Waals surface area (Å²) in [7, 11) is 0. The minimum absolute atomic E-state index is 0.104.